The highest BCUT2D eigenvalue weighted by Crippen LogP contribution is 2.28. The molecule has 2 atom stereocenters. The fraction of sp³-hybridized carbons (Fsp3) is 0.500. The highest BCUT2D eigenvalue weighted by Gasteiger charge is 2.19. The number of fused-ring (bicyclic) bond motifs is 1. The van der Waals surface area contributed by atoms with Crippen molar-refractivity contribution < 1.29 is 13.9 Å². The number of hydrogen-bond donors (Lipinski definition) is 0. The van der Waals surface area contributed by atoms with Gasteiger partial charge in [-0.25, -0.2) is 9.37 Å². The molecule has 0 aliphatic rings. The van der Waals surface area contributed by atoms with E-state index in [-0.39, 0.29) is 17.3 Å². The summed E-state index contributed by atoms with van der Waals surface area (Å²) in [6, 6.07) is 3.11. The van der Waals surface area contributed by atoms with Gasteiger partial charge in [-0.2, -0.15) is 0 Å². The molecule has 116 valence electrons. The molecule has 0 radical (unpaired) electrons. The molecule has 0 bridgehead atoms. The quantitative estimate of drug-likeness (QED) is 0.714. The summed E-state index contributed by atoms with van der Waals surface area (Å²) in [5, 5.41) is -0.292. The molecule has 1 heterocycles. The number of alkyl halides is 1. The maximum Gasteiger partial charge on any atom is 0.139 e. The molecular weight excluding hydrogens is 363 g/mol. The lowest BCUT2D eigenvalue weighted by Gasteiger charge is -2.18. The van der Waals surface area contributed by atoms with Crippen LogP contribution in [0, 0.1) is 5.82 Å². The first-order chi connectivity index (χ1) is 9.97. The summed E-state index contributed by atoms with van der Waals surface area (Å²) in [7, 11) is 3.23. The molecule has 0 aliphatic heterocycles. The van der Waals surface area contributed by atoms with Crippen molar-refractivity contribution in [2.24, 2.45) is 0 Å². The van der Waals surface area contributed by atoms with Crippen molar-refractivity contribution in [3.8, 4) is 0 Å². The Morgan fingerprint density at radius 1 is 1.43 bits per heavy atom. The third-order valence-corrected chi connectivity index (χ3v) is 4.05. The summed E-state index contributed by atoms with van der Waals surface area (Å²) in [5.74, 6) is 0.348. The van der Waals surface area contributed by atoms with Gasteiger partial charge in [0, 0.05) is 20.3 Å². The van der Waals surface area contributed by atoms with E-state index in [4.69, 9.17) is 21.1 Å². The standard InChI is InChI=1S/C14H17BrClFN2O2/c1-8(16)14-18-12-4-10(15)11(17)5-13(12)19(14)6-9(21-3)7-20-2/h4-5,8-9H,6-7H2,1-3H3. The van der Waals surface area contributed by atoms with E-state index in [9.17, 15) is 4.39 Å². The molecule has 2 unspecified atom stereocenters. The number of benzene rings is 1. The van der Waals surface area contributed by atoms with Crippen LogP contribution in [0.2, 0.25) is 0 Å². The minimum atomic E-state index is -0.335. The Kier molecular flexibility index (Phi) is 5.60. The van der Waals surface area contributed by atoms with Gasteiger partial charge in [-0.15, -0.1) is 11.6 Å². The summed E-state index contributed by atoms with van der Waals surface area (Å²) >= 11 is 9.38. The second-order valence-corrected chi connectivity index (χ2v) is 6.27. The van der Waals surface area contributed by atoms with E-state index in [0.717, 1.165) is 0 Å². The lowest BCUT2D eigenvalue weighted by molar-refractivity contribution is 0.0185. The van der Waals surface area contributed by atoms with E-state index >= 15 is 0 Å². The predicted molar refractivity (Wildman–Crippen MR) is 84.3 cm³/mol. The first kappa shape index (κ1) is 16.7. The average molecular weight is 380 g/mol. The summed E-state index contributed by atoms with van der Waals surface area (Å²) in [4.78, 5) is 4.50. The van der Waals surface area contributed by atoms with Gasteiger partial charge in [0.25, 0.3) is 0 Å². The number of ether oxygens (including phenoxy) is 2. The zero-order valence-corrected chi connectivity index (χ0v) is 14.4. The normalized spacial score (nSPS) is 14.6. The van der Waals surface area contributed by atoms with Crippen LogP contribution in [0.15, 0.2) is 16.6 Å². The molecule has 0 saturated carbocycles. The minimum Gasteiger partial charge on any atom is -0.382 e. The maximum atomic E-state index is 13.8. The van der Waals surface area contributed by atoms with Crippen LogP contribution in [0.25, 0.3) is 11.0 Å². The van der Waals surface area contributed by atoms with Crippen molar-refractivity contribution in [3.05, 3.63) is 28.2 Å². The van der Waals surface area contributed by atoms with Crippen LogP contribution in [-0.4, -0.2) is 36.5 Å². The molecule has 1 aromatic heterocycles. The Bertz CT molecular complexity index is 633. The Morgan fingerprint density at radius 2 is 2.14 bits per heavy atom. The van der Waals surface area contributed by atoms with Gasteiger partial charge >= 0.3 is 0 Å². The number of methoxy groups -OCH3 is 2. The third-order valence-electron chi connectivity index (χ3n) is 3.25. The van der Waals surface area contributed by atoms with Crippen molar-refractivity contribution >= 4 is 38.6 Å². The van der Waals surface area contributed by atoms with Crippen LogP contribution in [-0.2, 0) is 16.0 Å². The van der Waals surface area contributed by atoms with E-state index in [1.165, 1.54) is 6.07 Å². The van der Waals surface area contributed by atoms with Crippen LogP contribution in [0.3, 0.4) is 0 Å². The molecule has 0 amide bonds. The third kappa shape index (κ3) is 3.56. The fourth-order valence-electron chi connectivity index (χ4n) is 2.22. The molecule has 0 N–H and O–H groups in total. The van der Waals surface area contributed by atoms with Crippen LogP contribution in [0.4, 0.5) is 4.39 Å². The average Bonchev–Trinajstić information content (AvgIpc) is 2.77. The van der Waals surface area contributed by atoms with Crippen molar-refractivity contribution in [2.75, 3.05) is 20.8 Å². The van der Waals surface area contributed by atoms with Gasteiger partial charge in [-0.3, -0.25) is 0 Å². The van der Waals surface area contributed by atoms with Gasteiger partial charge in [0.2, 0.25) is 0 Å². The van der Waals surface area contributed by atoms with E-state index < -0.39 is 0 Å². The van der Waals surface area contributed by atoms with Crippen molar-refractivity contribution in [2.45, 2.75) is 24.9 Å². The minimum absolute atomic E-state index is 0.159. The number of nitrogens with zero attached hydrogens (tertiary/aromatic N) is 2. The molecule has 21 heavy (non-hydrogen) atoms. The lowest BCUT2D eigenvalue weighted by Crippen LogP contribution is -2.25. The fourth-order valence-corrected chi connectivity index (χ4v) is 2.72. The molecule has 2 rings (SSSR count). The van der Waals surface area contributed by atoms with Crippen molar-refractivity contribution in [1.29, 1.82) is 0 Å². The topological polar surface area (TPSA) is 36.3 Å². The number of hydrogen-bond acceptors (Lipinski definition) is 3. The number of imidazole rings is 1. The molecule has 7 heteroatoms. The van der Waals surface area contributed by atoms with Crippen LogP contribution >= 0.6 is 27.5 Å². The van der Waals surface area contributed by atoms with E-state index in [1.54, 1.807) is 20.3 Å². The van der Waals surface area contributed by atoms with Gasteiger partial charge in [0.1, 0.15) is 11.6 Å². The SMILES string of the molecule is COCC(Cn1c(C(C)Cl)nc2cc(Br)c(F)cc21)OC. The first-order valence-corrected chi connectivity index (χ1v) is 7.71. The van der Waals surface area contributed by atoms with Gasteiger partial charge in [-0.1, -0.05) is 0 Å². The largest absolute Gasteiger partial charge is 0.382 e. The second-order valence-electron chi connectivity index (χ2n) is 4.76. The summed E-state index contributed by atoms with van der Waals surface area (Å²) in [6.07, 6.45) is -0.159. The summed E-state index contributed by atoms with van der Waals surface area (Å²) in [6.45, 7) is 2.77. The van der Waals surface area contributed by atoms with Gasteiger partial charge in [-0.05, 0) is 28.9 Å². The molecule has 0 fully saturated rings. The summed E-state index contributed by atoms with van der Waals surface area (Å²) < 4.78 is 26.6. The van der Waals surface area contributed by atoms with E-state index in [2.05, 4.69) is 20.9 Å². The monoisotopic (exact) mass is 378 g/mol. The van der Waals surface area contributed by atoms with Crippen molar-refractivity contribution in [3.63, 3.8) is 0 Å². The smallest absolute Gasteiger partial charge is 0.139 e. The highest BCUT2D eigenvalue weighted by molar-refractivity contribution is 9.10. The number of aromatic nitrogens is 2. The molecular formula is C14H17BrClFN2O2. The molecule has 0 aliphatic carbocycles. The molecule has 1 aromatic carbocycles. The van der Waals surface area contributed by atoms with E-state index in [0.29, 0.717) is 34.5 Å². The zero-order valence-electron chi connectivity index (χ0n) is 12.1. The van der Waals surface area contributed by atoms with Crippen LogP contribution in [0.1, 0.15) is 18.1 Å². The Hall–Kier alpha value is -0.690. The second kappa shape index (κ2) is 7.05. The predicted octanol–water partition coefficient (Wildman–Crippen LogP) is 3.90. The van der Waals surface area contributed by atoms with Gasteiger partial charge < -0.3 is 14.0 Å². The molecule has 0 saturated heterocycles. The van der Waals surface area contributed by atoms with Gasteiger partial charge in [0.15, 0.2) is 0 Å². The molecule has 2 aromatic rings. The lowest BCUT2D eigenvalue weighted by atomic mass is 10.3. The Balaban J connectivity index is 2.52. The number of rotatable bonds is 6. The summed E-state index contributed by atoms with van der Waals surface area (Å²) in [5.41, 5.74) is 1.38. The first-order valence-electron chi connectivity index (χ1n) is 6.48. The zero-order chi connectivity index (χ0) is 15.6. The maximum absolute atomic E-state index is 13.8. The van der Waals surface area contributed by atoms with E-state index in [1.807, 2.05) is 11.5 Å². The Labute approximate surface area is 136 Å². The highest BCUT2D eigenvalue weighted by atomic mass is 79.9. The molecule has 0 spiro atoms. The number of halogens is 3. The van der Waals surface area contributed by atoms with Crippen LogP contribution < -0.4 is 0 Å². The molecule has 4 nitrogen and oxygen atoms in total. The van der Waals surface area contributed by atoms with Crippen molar-refractivity contribution in [1.82, 2.24) is 9.55 Å². The van der Waals surface area contributed by atoms with Crippen LogP contribution in [0.5, 0.6) is 0 Å². The Morgan fingerprint density at radius 3 is 2.71 bits per heavy atom. The van der Waals surface area contributed by atoms with Gasteiger partial charge in [0.05, 0.1) is 40.1 Å².